The number of rotatable bonds is 5. The molecule has 8 heteroatoms. The molecule has 7 nitrogen and oxygen atoms in total. The highest BCUT2D eigenvalue weighted by molar-refractivity contribution is 7.11. The second kappa shape index (κ2) is 10.1. The topological polar surface area (TPSA) is 72.2 Å². The van der Waals surface area contributed by atoms with E-state index in [1.165, 1.54) is 11.3 Å². The summed E-state index contributed by atoms with van der Waals surface area (Å²) in [5, 5.41) is 2.95. The molecule has 0 saturated carbocycles. The Balaban J connectivity index is 3.20. The zero-order chi connectivity index (χ0) is 21.4. The van der Waals surface area contributed by atoms with E-state index in [-0.39, 0.29) is 0 Å². The third kappa shape index (κ3) is 8.91. The smallest absolute Gasteiger partial charge is 0.434 e. The fraction of sp³-hybridized carbons (Fsp3) is 0.550. The summed E-state index contributed by atoms with van der Waals surface area (Å²) in [5.41, 5.74) is 1.53. The number of amides is 2. The van der Waals surface area contributed by atoms with Crippen LogP contribution < -0.4 is 5.43 Å². The van der Waals surface area contributed by atoms with Crippen LogP contribution in [0.1, 0.15) is 59.3 Å². The lowest BCUT2D eigenvalue weighted by Gasteiger charge is -2.30. The van der Waals surface area contributed by atoms with Crippen molar-refractivity contribution in [3.8, 4) is 0 Å². The number of nitrogens with one attached hydrogen (secondary N) is 1. The summed E-state index contributed by atoms with van der Waals surface area (Å²) < 4.78 is 10.8. The van der Waals surface area contributed by atoms with Crippen molar-refractivity contribution < 1.29 is 19.1 Å². The van der Waals surface area contributed by atoms with Crippen LogP contribution in [0.2, 0.25) is 0 Å². The van der Waals surface area contributed by atoms with Crippen molar-refractivity contribution in [2.75, 3.05) is 6.54 Å². The van der Waals surface area contributed by atoms with Crippen LogP contribution in [0.25, 0.3) is 10.5 Å². The van der Waals surface area contributed by atoms with E-state index in [0.717, 1.165) is 9.89 Å². The van der Waals surface area contributed by atoms with Gasteiger partial charge in [0.15, 0.2) is 0 Å². The molecule has 1 rings (SSSR count). The van der Waals surface area contributed by atoms with Gasteiger partial charge in [0.05, 0.1) is 10.6 Å². The molecule has 1 aromatic heterocycles. The number of hydrogen-bond acceptors (Lipinski definition) is 5. The van der Waals surface area contributed by atoms with Gasteiger partial charge in [-0.25, -0.2) is 21.6 Å². The van der Waals surface area contributed by atoms with Gasteiger partial charge >= 0.3 is 12.2 Å². The first-order valence-corrected chi connectivity index (χ1v) is 9.91. The molecule has 0 atom stereocenters. The van der Waals surface area contributed by atoms with Gasteiger partial charge < -0.3 is 14.3 Å². The van der Waals surface area contributed by atoms with Gasteiger partial charge in [0, 0.05) is 6.42 Å². The number of hydrogen-bond donors (Lipinski definition) is 1. The molecule has 0 unspecified atom stereocenters. The van der Waals surface area contributed by atoms with Crippen molar-refractivity contribution in [1.29, 1.82) is 0 Å². The molecule has 0 aliphatic rings. The molecule has 1 aromatic rings. The van der Waals surface area contributed by atoms with E-state index in [2.05, 4.69) is 10.3 Å². The minimum atomic E-state index is -0.762. The lowest BCUT2D eigenvalue weighted by molar-refractivity contribution is 0.0144. The van der Waals surface area contributed by atoms with Crippen LogP contribution in [0.15, 0.2) is 23.6 Å². The molecular formula is C20H29N3O4S. The largest absolute Gasteiger partial charge is 0.443 e. The van der Waals surface area contributed by atoms with Gasteiger partial charge in [-0.2, -0.15) is 5.01 Å². The molecular weight excluding hydrogens is 378 g/mol. The molecule has 2 amide bonds. The van der Waals surface area contributed by atoms with E-state index in [1.807, 2.05) is 23.6 Å². The summed E-state index contributed by atoms with van der Waals surface area (Å²) in [5.74, 6) is 0. The van der Waals surface area contributed by atoms with Gasteiger partial charge in [-0.15, -0.1) is 11.3 Å². The predicted octanol–water partition coefficient (Wildman–Crippen LogP) is 5.47. The summed E-state index contributed by atoms with van der Waals surface area (Å²) >= 11 is 1.43. The van der Waals surface area contributed by atoms with E-state index in [1.54, 1.807) is 41.5 Å². The summed E-state index contributed by atoms with van der Waals surface area (Å²) in [6, 6.07) is 3.70. The monoisotopic (exact) mass is 407 g/mol. The molecule has 0 spiro atoms. The quantitative estimate of drug-likeness (QED) is 0.399. The highest BCUT2D eigenvalue weighted by Crippen LogP contribution is 2.26. The maximum Gasteiger partial charge on any atom is 0.434 e. The van der Waals surface area contributed by atoms with E-state index < -0.39 is 23.4 Å². The standard InChI is InChI=1S/C20H29N3O4S/c1-19(2,3)26-17(24)22-23(18(25)27-20(4,5)6)15(11-8-9-13-21-7)16-12-10-14-28-16/h10-12,14H,8-9,13H2,1-6H3,(H,22,24)/b15-11+. The van der Waals surface area contributed by atoms with E-state index >= 15 is 0 Å². The van der Waals surface area contributed by atoms with Crippen LogP contribution in [0.5, 0.6) is 0 Å². The van der Waals surface area contributed by atoms with E-state index in [4.69, 9.17) is 16.0 Å². The third-order valence-electron chi connectivity index (χ3n) is 3.00. The van der Waals surface area contributed by atoms with Gasteiger partial charge in [-0.3, -0.25) is 0 Å². The Morgan fingerprint density at radius 1 is 1.21 bits per heavy atom. The molecule has 1 N–H and O–H groups in total. The van der Waals surface area contributed by atoms with Crippen molar-refractivity contribution in [3.05, 3.63) is 39.9 Å². The van der Waals surface area contributed by atoms with Crippen molar-refractivity contribution in [2.45, 2.75) is 65.6 Å². The zero-order valence-electron chi connectivity index (χ0n) is 17.4. The Morgan fingerprint density at radius 2 is 1.86 bits per heavy atom. The summed E-state index contributed by atoms with van der Waals surface area (Å²) in [6.07, 6.45) is 1.56. The first-order chi connectivity index (χ1) is 12.9. The van der Waals surface area contributed by atoms with E-state index in [9.17, 15) is 9.59 Å². The fourth-order valence-corrected chi connectivity index (χ4v) is 2.80. The average Bonchev–Trinajstić information content (AvgIpc) is 3.04. The molecule has 0 fully saturated rings. The number of hydrazine groups is 1. The highest BCUT2D eigenvalue weighted by Gasteiger charge is 2.29. The SMILES string of the molecule is [C-]#[N+]CCC/C=C(\c1cccs1)N(NC(=O)OC(C)(C)C)C(=O)OC(C)(C)C. The Bertz CT molecular complexity index is 722. The molecule has 154 valence electrons. The van der Waals surface area contributed by atoms with E-state index in [0.29, 0.717) is 25.1 Å². The number of thiophene rings is 1. The maximum absolute atomic E-state index is 12.8. The Morgan fingerprint density at radius 3 is 2.36 bits per heavy atom. The molecule has 0 aromatic carbocycles. The van der Waals surface area contributed by atoms with Crippen LogP contribution >= 0.6 is 11.3 Å². The third-order valence-corrected chi connectivity index (χ3v) is 3.90. The van der Waals surface area contributed by atoms with Gasteiger partial charge in [0.2, 0.25) is 6.54 Å². The first kappa shape index (κ1) is 23.5. The van der Waals surface area contributed by atoms with Crippen molar-refractivity contribution in [3.63, 3.8) is 0 Å². The highest BCUT2D eigenvalue weighted by atomic mass is 32.1. The van der Waals surface area contributed by atoms with Crippen molar-refractivity contribution >= 4 is 29.2 Å². The molecule has 0 saturated heterocycles. The number of nitrogens with zero attached hydrogens (tertiary/aromatic N) is 2. The lowest BCUT2D eigenvalue weighted by Crippen LogP contribution is -2.48. The maximum atomic E-state index is 12.8. The summed E-state index contributed by atoms with van der Waals surface area (Å²) in [6.45, 7) is 17.8. The second-order valence-corrected chi connectivity index (χ2v) is 8.97. The number of ether oxygens (including phenoxy) is 2. The van der Waals surface area contributed by atoms with Crippen LogP contribution in [0, 0.1) is 6.57 Å². The number of allylic oxidation sites excluding steroid dienone is 1. The zero-order valence-corrected chi connectivity index (χ0v) is 18.2. The van der Waals surface area contributed by atoms with Gasteiger partial charge in [-0.05, 0) is 59.4 Å². The minimum Gasteiger partial charge on any atom is -0.443 e. The first-order valence-electron chi connectivity index (χ1n) is 9.03. The molecule has 0 radical (unpaired) electrons. The number of carbonyl (C=O) groups is 2. The van der Waals surface area contributed by atoms with Gasteiger partial charge in [-0.1, -0.05) is 12.1 Å². The van der Waals surface area contributed by atoms with Crippen molar-refractivity contribution in [1.82, 2.24) is 10.4 Å². The summed E-state index contributed by atoms with van der Waals surface area (Å²) in [4.78, 5) is 29.3. The normalized spacial score (nSPS) is 12.1. The molecule has 28 heavy (non-hydrogen) atoms. The molecule has 0 aliphatic heterocycles. The Hall–Kier alpha value is -2.53. The Labute approximate surface area is 171 Å². The molecule has 0 aliphatic carbocycles. The molecule has 0 bridgehead atoms. The number of carbonyl (C=O) groups excluding carboxylic acids is 2. The second-order valence-electron chi connectivity index (χ2n) is 8.02. The van der Waals surface area contributed by atoms with Crippen LogP contribution in [0.3, 0.4) is 0 Å². The van der Waals surface area contributed by atoms with Gasteiger partial charge in [0.1, 0.15) is 11.2 Å². The lowest BCUT2D eigenvalue weighted by atomic mass is 10.2. The minimum absolute atomic E-state index is 0.389. The van der Waals surface area contributed by atoms with Gasteiger partial charge in [0.25, 0.3) is 0 Å². The predicted molar refractivity (Wildman–Crippen MR) is 110 cm³/mol. The number of unbranched alkanes of at least 4 members (excludes halogenated alkanes) is 1. The van der Waals surface area contributed by atoms with Crippen LogP contribution in [0.4, 0.5) is 9.59 Å². The van der Waals surface area contributed by atoms with Crippen LogP contribution in [-0.2, 0) is 9.47 Å². The average molecular weight is 408 g/mol. The van der Waals surface area contributed by atoms with Crippen LogP contribution in [-0.4, -0.2) is 34.9 Å². The Kier molecular flexibility index (Phi) is 8.51. The molecule has 1 heterocycles. The summed E-state index contributed by atoms with van der Waals surface area (Å²) in [7, 11) is 0. The fourth-order valence-electron chi connectivity index (χ4n) is 2.04. The van der Waals surface area contributed by atoms with Crippen molar-refractivity contribution in [2.24, 2.45) is 0 Å².